The van der Waals surface area contributed by atoms with Crippen LogP contribution in [0.4, 0.5) is 43.9 Å². The van der Waals surface area contributed by atoms with Crippen molar-refractivity contribution < 1.29 is 63.3 Å². The van der Waals surface area contributed by atoms with Crippen molar-refractivity contribution in [1.29, 1.82) is 0 Å². The van der Waals surface area contributed by atoms with Crippen molar-refractivity contribution in [1.82, 2.24) is 0 Å². The summed E-state index contributed by atoms with van der Waals surface area (Å²) in [4.78, 5) is 10.6. The Kier molecular flexibility index (Phi) is 5.48. The molecule has 0 bridgehead atoms. The van der Waals surface area contributed by atoms with Crippen LogP contribution in [-0.4, -0.2) is 42.2 Å². The Morgan fingerprint density at radius 1 is 0.955 bits per heavy atom. The summed E-state index contributed by atoms with van der Waals surface area (Å²) in [5.74, 6) is -19.4. The summed E-state index contributed by atoms with van der Waals surface area (Å²) < 4.78 is 130. The van der Waals surface area contributed by atoms with Gasteiger partial charge in [-0.15, -0.1) is 0 Å². The lowest BCUT2D eigenvalue weighted by molar-refractivity contribution is -0.445. The number of hydrogen-bond donors (Lipinski definition) is 1. The number of rotatable bonds is 5. The zero-order valence-corrected chi connectivity index (χ0v) is 9.95. The van der Waals surface area contributed by atoms with Crippen LogP contribution in [0.5, 0.6) is 0 Å². The van der Waals surface area contributed by atoms with Gasteiger partial charge in [-0.3, -0.25) is 4.74 Å². The van der Waals surface area contributed by atoms with Crippen LogP contribution in [0.2, 0.25) is 0 Å². The molecule has 1 N–H and O–H groups in total. The molecule has 22 heavy (non-hydrogen) atoms. The standard InChI is InChI=1S/C8H4F10O4/c1-21-4(19)6(13,7(14,15)16)22-8(17,18)5(12,20)2(9)3(10)11/h20H,1H3. The van der Waals surface area contributed by atoms with E-state index in [-0.39, 0.29) is 7.11 Å². The van der Waals surface area contributed by atoms with Crippen molar-refractivity contribution in [2.24, 2.45) is 0 Å². The van der Waals surface area contributed by atoms with Crippen LogP contribution in [0, 0.1) is 0 Å². The third-order valence-corrected chi connectivity index (χ3v) is 1.92. The maximum absolute atomic E-state index is 13.3. The average Bonchev–Trinajstić information content (AvgIpc) is 2.34. The molecule has 0 heterocycles. The van der Waals surface area contributed by atoms with Gasteiger partial charge < -0.3 is 9.84 Å². The Morgan fingerprint density at radius 3 is 1.64 bits per heavy atom. The molecule has 2 atom stereocenters. The first-order valence-corrected chi connectivity index (χ1v) is 4.59. The number of alkyl halides is 7. The van der Waals surface area contributed by atoms with E-state index in [1.165, 1.54) is 0 Å². The molecule has 14 heteroatoms. The van der Waals surface area contributed by atoms with Crippen LogP contribution < -0.4 is 0 Å². The molecule has 0 saturated carbocycles. The van der Waals surface area contributed by atoms with E-state index < -0.39 is 41.9 Å². The van der Waals surface area contributed by atoms with E-state index in [0.29, 0.717) is 0 Å². The first-order chi connectivity index (χ1) is 9.54. The fraction of sp³-hybridized carbons (Fsp3) is 0.625. The normalized spacial score (nSPS) is 18.2. The molecule has 0 radical (unpaired) electrons. The number of halogens is 10. The van der Waals surface area contributed by atoms with E-state index in [9.17, 15) is 48.7 Å². The number of aliphatic hydroxyl groups is 1. The second-order valence-corrected chi connectivity index (χ2v) is 3.40. The van der Waals surface area contributed by atoms with Crippen LogP contribution in [0.25, 0.3) is 0 Å². The highest BCUT2D eigenvalue weighted by Crippen LogP contribution is 2.46. The molecule has 0 fully saturated rings. The quantitative estimate of drug-likeness (QED) is 0.609. The Bertz CT molecular complexity index is 466. The maximum atomic E-state index is 13.3. The Labute approximate surface area is 113 Å². The smallest absolute Gasteiger partial charge is 0.460 e. The first kappa shape index (κ1) is 20.4. The second-order valence-electron chi connectivity index (χ2n) is 3.40. The lowest BCUT2D eigenvalue weighted by Gasteiger charge is -2.32. The summed E-state index contributed by atoms with van der Waals surface area (Å²) in [7, 11) is 0.0767. The van der Waals surface area contributed by atoms with Gasteiger partial charge in [0.15, 0.2) is 0 Å². The van der Waals surface area contributed by atoms with Gasteiger partial charge in [0.25, 0.3) is 0 Å². The third kappa shape index (κ3) is 3.43. The molecule has 0 spiro atoms. The third-order valence-electron chi connectivity index (χ3n) is 1.92. The lowest BCUT2D eigenvalue weighted by Crippen LogP contribution is -2.59. The molecule has 0 aromatic heterocycles. The number of carbonyl (C=O) groups is 1. The summed E-state index contributed by atoms with van der Waals surface area (Å²) in [6, 6.07) is 0. The van der Waals surface area contributed by atoms with E-state index in [2.05, 4.69) is 9.47 Å². The van der Waals surface area contributed by atoms with E-state index in [4.69, 9.17) is 5.11 Å². The minimum atomic E-state index is -6.62. The van der Waals surface area contributed by atoms with Crippen molar-refractivity contribution in [2.45, 2.75) is 24.0 Å². The minimum Gasteiger partial charge on any atom is -0.465 e. The van der Waals surface area contributed by atoms with E-state index in [1.807, 2.05) is 0 Å². The van der Waals surface area contributed by atoms with Gasteiger partial charge in [-0.1, -0.05) is 0 Å². The number of methoxy groups -OCH3 is 1. The lowest BCUT2D eigenvalue weighted by atomic mass is 10.2. The van der Waals surface area contributed by atoms with Crippen molar-refractivity contribution >= 4 is 5.97 Å². The van der Waals surface area contributed by atoms with Gasteiger partial charge in [0.05, 0.1) is 7.11 Å². The van der Waals surface area contributed by atoms with Crippen molar-refractivity contribution in [3.63, 3.8) is 0 Å². The molecule has 0 aromatic carbocycles. The molecule has 2 unspecified atom stereocenters. The van der Waals surface area contributed by atoms with Crippen molar-refractivity contribution in [2.75, 3.05) is 7.11 Å². The van der Waals surface area contributed by atoms with Gasteiger partial charge >= 0.3 is 36.0 Å². The van der Waals surface area contributed by atoms with Crippen LogP contribution in [0.1, 0.15) is 0 Å². The van der Waals surface area contributed by atoms with Gasteiger partial charge in [-0.05, 0) is 0 Å². The predicted octanol–water partition coefficient (Wildman–Crippen LogP) is 2.73. The van der Waals surface area contributed by atoms with Crippen molar-refractivity contribution in [3.8, 4) is 0 Å². The monoisotopic (exact) mass is 354 g/mol. The maximum Gasteiger partial charge on any atom is 0.460 e. The zero-order valence-electron chi connectivity index (χ0n) is 9.95. The molecule has 0 aliphatic rings. The molecule has 0 saturated heterocycles. The van der Waals surface area contributed by atoms with Gasteiger partial charge in [-0.25, -0.2) is 4.79 Å². The molecule has 0 aliphatic carbocycles. The molecule has 0 rings (SSSR count). The summed E-state index contributed by atoms with van der Waals surface area (Å²) in [6.07, 6.45) is -17.1. The molecule has 0 amide bonds. The number of carbonyl (C=O) groups excluding carboxylic acids is 1. The van der Waals surface area contributed by atoms with Gasteiger partial charge in [0, 0.05) is 0 Å². The van der Waals surface area contributed by atoms with Crippen LogP contribution in [0.3, 0.4) is 0 Å². The van der Waals surface area contributed by atoms with Crippen LogP contribution in [0.15, 0.2) is 11.9 Å². The van der Waals surface area contributed by atoms with Crippen LogP contribution in [-0.2, 0) is 14.3 Å². The fourth-order valence-electron chi connectivity index (χ4n) is 0.844. The first-order valence-electron chi connectivity index (χ1n) is 4.59. The highest BCUT2D eigenvalue weighted by atomic mass is 19.4. The number of hydrogen-bond acceptors (Lipinski definition) is 4. The molecular formula is C8H4F10O4. The highest BCUT2D eigenvalue weighted by Gasteiger charge is 2.74. The average molecular weight is 354 g/mol. The summed E-state index contributed by atoms with van der Waals surface area (Å²) in [5.41, 5.74) is 0. The summed E-state index contributed by atoms with van der Waals surface area (Å²) in [5, 5.41) is 8.22. The zero-order chi connectivity index (χ0) is 18.1. The summed E-state index contributed by atoms with van der Waals surface area (Å²) in [6.45, 7) is 0. The van der Waals surface area contributed by atoms with Crippen molar-refractivity contribution in [3.05, 3.63) is 11.9 Å². The fourth-order valence-corrected chi connectivity index (χ4v) is 0.844. The van der Waals surface area contributed by atoms with Gasteiger partial charge in [-0.2, -0.15) is 43.9 Å². The highest BCUT2D eigenvalue weighted by molar-refractivity contribution is 5.78. The van der Waals surface area contributed by atoms with E-state index >= 15 is 0 Å². The predicted molar refractivity (Wildman–Crippen MR) is 44.3 cm³/mol. The number of esters is 1. The van der Waals surface area contributed by atoms with Gasteiger partial charge in [0.2, 0.25) is 5.83 Å². The molecule has 130 valence electrons. The van der Waals surface area contributed by atoms with Crippen LogP contribution >= 0.6 is 0 Å². The largest absolute Gasteiger partial charge is 0.465 e. The Balaban J connectivity index is 5.94. The Hall–Kier alpha value is -1.57. The summed E-state index contributed by atoms with van der Waals surface area (Å²) >= 11 is 0. The van der Waals surface area contributed by atoms with E-state index in [1.54, 1.807) is 0 Å². The minimum absolute atomic E-state index is 0.0767. The molecular weight excluding hydrogens is 350 g/mol. The van der Waals surface area contributed by atoms with E-state index in [0.717, 1.165) is 0 Å². The SMILES string of the molecule is COC(=O)C(F)(OC(F)(F)C(O)(F)C(F)=C(F)F)C(F)(F)F. The molecule has 0 aliphatic heterocycles. The second kappa shape index (κ2) is 5.91. The van der Waals surface area contributed by atoms with Gasteiger partial charge in [0.1, 0.15) is 0 Å². The molecule has 4 nitrogen and oxygen atoms in total. The number of ether oxygens (including phenoxy) is 2. The Morgan fingerprint density at radius 2 is 1.36 bits per heavy atom. The molecule has 0 aromatic rings. The topological polar surface area (TPSA) is 55.8 Å².